The van der Waals surface area contributed by atoms with Crippen molar-refractivity contribution in [1.82, 2.24) is 10.3 Å². The van der Waals surface area contributed by atoms with Crippen molar-refractivity contribution < 1.29 is 19.4 Å². The van der Waals surface area contributed by atoms with E-state index in [9.17, 15) is 9.59 Å². The molecule has 0 aliphatic carbocycles. The van der Waals surface area contributed by atoms with E-state index in [1.54, 1.807) is 6.07 Å². The summed E-state index contributed by atoms with van der Waals surface area (Å²) in [6.07, 6.45) is 0.547. The number of nitrogens with zero attached hydrogens (tertiary/aromatic N) is 1. The van der Waals surface area contributed by atoms with E-state index in [-0.39, 0.29) is 11.5 Å². The fraction of sp³-hybridized carbons (Fsp3) is 0.312. The largest absolute Gasteiger partial charge is 0.496 e. The average Bonchev–Trinajstić information content (AvgIpc) is 2.85. The summed E-state index contributed by atoms with van der Waals surface area (Å²) in [5, 5.41) is 12.7. The predicted octanol–water partition coefficient (Wildman–Crippen LogP) is 2.44. The van der Waals surface area contributed by atoms with Crippen molar-refractivity contribution in [2.75, 3.05) is 13.7 Å². The molecule has 0 radical (unpaired) electrons. The number of hydrogen-bond acceptors (Lipinski definition) is 5. The third-order valence-corrected chi connectivity index (χ3v) is 4.40. The maximum Gasteiger partial charge on any atom is 0.335 e. The van der Waals surface area contributed by atoms with Gasteiger partial charge in [-0.25, -0.2) is 9.78 Å². The van der Waals surface area contributed by atoms with Crippen LogP contribution in [0.5, 0.6) is 5.75 Å². The highest BCUT2D eigenvalue weighted by atomic mass is 32.1. The summed E-state index contributed by atoms with van der Waals surface area (Å²) in [6, 6.07) is 4.71. The Balaban J connectivity index is 2.00. The Hall–Kier alpha value is -2.41. The SMILES string of the molecule is COc1cc(C(=O)O)ccc1CCNC(=O)c1sc(C)nc1C. The van der Waals surface area contributed by atoms with Crippen molar-refractivity contribution in [3.05, 3.63) is 44.9 Å². The molecule has 0 saturated carbocycles. The van der Waals surface area contributed by atoms with Crippen molar-refractivity contribution in [2.24, 2.45) is 0 Å². The molecule has 0 aliphatic rings. The first-order valence-electron chi connectivity index (χ1n) is 7.04. The quantitative estimate of drug-likeness (QED) is 0.847. The van der Waals surface area contributed by atoms with E-state index < -0.39 is 5.97 Å². The molecule has 1 heterocycles. The molecular weight excluding hydrogens is 316 g/mol. The van der Waals surface area contributed by atoms with Gasteiger partial charge in [-0.05, 0) is 38.0 Å². The zero-order chi connectivity index (χ0) is 17.0. The molecule has 7 heteroatoms. The van der Waals surface area contributed by atoms with Crippen LogP contribution < -0.4 is 10.1 Å². The van der Waals surface area contributed by atoms with E-state index in [1.807, 2.05) is 13.8 Å². The minimum atomic E-state index is -1.00. The summed E-state index contributed by atoms with van der Waals surface area (Å²) in [7, 11) is 1.49. The number of nitrogens with one attached hydrogen (secondary N) is 1. The van der Waals surface area contributed by atoms with Gasteiger partial charge in [0.25, 0.3) is 5.91 Å². The molecule has 0 saturated heterocycles. The van der Waals surface area contributed by atoms with Gasteiger partial charge in [-0.2, -0.15) is 0 Å². The number of methoxy groups -OCH3 is 1. The fourth-order valence-corrected chi connectivity index (χ4v) is 3.05. The lowest BCUT2D eigenvalue weighted by Crippen LogP contribution is -2.25. The lowest BCUT2D eigenvalue weighted by molar-refractivity contribution is 0.0696. The van der Waals surface area contributed by atoms with E-state index in [1.165, 1.54) is 30.6 Å². The predicted molar refractivity (Wildman–Crippen MR) is 87.6 cm³/mol. The second-order valence-corrected chi connectivity index (χ2v) is 6.19. The molecule has 0 aliphatic heterocycles. The molecule has 122 valence electrons. The fourth-order valence-electron chi connectivity index (χ4n) is 2.22. The number of aromatic nitrogens is 1. The number of amides is 1. The smallest absolute Gasteiger partial charge is 0.335 e. The Morgan fingerprint density at radius 2 is 2.09 bits per heavy atom. The van der Waals surface area contributed by atoms with E-state index in [0.29, 0.717) is 23.6 Å². The highest BCUT2D eigenvalue weighted by Crippen LogP contribution is 2.21. The van der Waals surface area contributed by atoms with E-state index in [0.717, 1.165) is 16.3 Å². The molecule has 6 nitrogen and oxygen atoms in total. The first-order chi connectivity index (χ1) is 10.9. The van der Waals surface area contributed by atoms with Crippen LogP contribution in [0, 0.1) is 13.8 Å². The van der Waals surface area contributed by atoms with Crippen LogP contribution in [0.3, 0.4) is 0 Å². The van der Waals surface area contributed by atoms with Gasteiger partial charge < -0.3 is 15.2 Å². The summed E-state index contributed by atoms with van der Waals surface area (Å²) in [4.78, 5) is 27.9. The van der Waals surface area contributed by atoms with Crippen LogP contribution in [0.2, 0.25) is 0 Å². The molecule has 0 atom stereocenters. The Kier molecular flexibility index (Phi) is 5.33. The molecule has 0 spiro atoms. The third-order valence-electron chi connectivity index (χ3n) is 3.32. The maximum absolute atomic E-state index is 12.1. The number of benzene rings is 1. The summed E-state index contributed by atoms with van der Waals surface area (Å²) in [5.74, 6) is -0.641. The Morgan fingerprint density at radius 1 is 1.35 bits per heavy atom. The molecule has 2 N–H and O–H groups in total. The van der Waals surface area contributed by atoms with Gasteiger partial charge in [0.05, 0.1) is 23.4 Å². The van der Waals surface area contributed by atoms with Crippen molar-refractivity contribution in [3.63, 3.8) is 0 Å². The Labute approximate surface area is 138 Å². The highest BCUT2D eigenvalue weighted by Gasteiger charge is 2.14. The summed E-state index contributed by atoms with van der Waals surface area (Å²) in [6.45, 7) is 4.10. The Morgan fingerprint density at radius 3 is 2.65 bits per heavy atom. The number of thiazole rings is 1. The standard InChI is InChI=1S/C16H18N2O4S/c1-9-14(23-10(2)18-9)15(19)17-7-6-11-4-5-12(16(20)21)8-13(11)22-3/h4-5,8H,6-7H2,1-3H3,(H,17,19)(H,20,21). The normalized spacial score (nSPS) is 10.4. The van der Waals surface area contributed by atoms with Crippen molar-refractivity contribution in [1.29, 1.82) is 0 Å². The zero-order valence-electron chi connectivity index (χ0n) is 13.2. The van der Waals surface area contributed by atoms with Gasteiger partial charge in [0.2, 0.25) is 0 Å². The van der Waals surface area contributed by atoms with Crippen LogP contribution in [0.4, 0.5) is 0 Å². The first kappa shape index (κ1) is 17.0. The van der Waals surface area contributed by atoms with Gasteiger partial charge in [-0.15, -0.1) is 11.3 Å². The van der Waals surface area contributed by atoms with E-state index in [4.69, 9.17) is 9.84 Å². The van der Waals surface area contributed by atoms with Crippen molar-refractivity contribution >= 4 is 23.2 Å². The summed E-state index contributed by atoms with van der Waals surface area (Å²) < 4.78 is 5.22. The number of carboxylic acids is 1. The first-order valence-corrected chi connectivity index (χ1v) is 7.86. The third kappa shape index (κ3) is 4.07. The number of ether oxygens (including phenoxy) is 1. The van der Waals surface area contributed by atoms with Crippen LogP contribution in [0.1, 0.15) is 36.3 Å². The average molecular weight is 334 g/mol. The van der Waals surface area contributed by atoms with Gasteiger partial charge in [0.15, 0.2) is 0 Å². The van der Waals surface area contributed by atoms with Crippen molar-refractivity contribution in [2.45, 2.75) is 20.3 Å². The molecule has 2 rings (SSSR count). The topological polar surface area (TPSA) is 88.5 Å². The molecule has 0 unspecified atom stereocenters. The number of carbonyl (C=O) groups is 2. The number of aromatic carboxylic acids is 1. The Bertz CT molecular complexity index is 740. The minimum Gasteiger partial charge on any atom is -0.496 e. The summed E-state index contributed by atoms with van der Waals surface area (Å²) >= 11 is 1.37. The monoisotopic (exact) mass is 334 g/mol. The molecule has 1 aromatic carbocycles. The molecule has 23 heavy (non-hydrogen) atoms. The lowest BCUT2D eigenvalue weighted by Gasteiger charge is -2.10. The number of carbonyl (C=O) groups excluding carboxylic acids is 1. The van der Waals surface area contributed by atoms with Crippen LogP contribution in [0.15, 0.2) is 18.2 Å². The molecular formula is C16H18N2O4S. The van der Waals surface area contributed by atoms with E-state index in [2.05, 4.69) is 10.3 Å². The molecule has 0 bridgehead atoms. The summed E-state index contributed by atoms with van der Waals surface area (Å²) in [5.41, 5.74) is 1.74. The number of hydrogen-bond donors (Lipinski definition) is 2. The minimum absolute atomic E-state index is 0.144. The van der Waals surface area contributed by atoms with Gasteiger partial charge in [0.1, 0.15) is 10.6 Å². The van der Waals surface area contributed by atoms with Gasteiger partial charge >= 0.3 is 5.97 Å². The van der Waals surface area contributed by atoms with Crippen LogP contribution in [0.25, 0.3) is 0 Å². The molecule has 1 aromatic heterocycles. The van der Waals surface area contributed by atoms with Crippen LogP contribution in [-0.2, 0) is 6.42 Å². The van der Waals surface area contributed by atoms with Gasteiger partial charge in [-0.1, -0.05) is 6.07 Å². The van der Waals surface area contributed by atoms with Gasteiger partial charge in [0, 0.05) is 6.54 Å². The van der Waals surface area contributed by atoms with Gasteiger partial charge in [-0.3, -0.25) is 4.79 Å². The van der Waals surface area contributed by atoms with Crippen molar-refractivity contribution in [3.8, 4) is 5.75 Å². The number of aryl methyl sites for hydroxylation is 2. The van der Waals surface area contributed by atoms with Crippen LogP contribution >= 0.6 is 11.3 Å². The maximum atomic E-state index is 12.1. The second kappa shape index (κ2) is 7.23. The van der Waals surface area contributed by atoms with E-state index >= 15 is 0 Å². The number of rotatable bonds is 6. The molecule has 0 fully saturated rings. The zero-order valence-corrected chi connectivity index (χ0v) is 14.0. The lowest BCUT2D eigenvalue weighted by atomic mass is 10.1. The molecule has 1 amide bonds. The highest BCUT2D eigenvalue weighted by molar-refractivity contribution is 7.13. The second-order valence-electron chi connectivity index (χ2n) is 4.99. The van der Waals surface area contributed by atoms with Crippen LogP contribution in [-0.4, -0.2) is 35.6 Å². The molecule has 2 aromatic rings. The number of carboxylic acid groups (broad SMARTS) is 1.